The predicted molar refractivity (Wildman–Crippen MR) is 76.7 cm³/mol. The van der Waals surface area contributed by atoms with Crippen LogP contribution in [0.3, 0.4) is 0 Å². The molecule has 0 heterocycles. The lowest BCUT2D eigenvalue weighted by molar-refractivity contribution is 0.102. The van der Waals surface area contributed by atoms with Crippen molar-refractivity contribution in [3.63, 3.8) is 0 Å². The number of aromatic hydroxyl groups is 1. The number of phenols is 1. The Balaban J connectivity index is 2.25. The van der Waals surface area contributed by atoms with Crippen molar-refractivity contribution in [1.82, 2.24) is 0 Å². The molecule has 0 aliphatic carbocycles. The lowest BCUT2D eigenvalue weighted by Gasteiger charge is -2.09. The van der Waals surface area contributed by atoms with Crippen molar-refractivity contribution in [1.29, 1.82) is 0 Å². The Morgan fingerprint density at radius 2 is 2.00 bits per heavy atom. The molecule has 0 aliphatic heterocycles. The second kappa shape index (κ2) is 5.20. The van der Waals surface area contributed by atoms with E-state index < -0.39 is 0 Å². The van der Waals surface area contributed by atoms with E-state index >= 15 is 0 Å². The number of hydrogen-bond acceptors (Lipinski definition) is 3. The van der Waals surface area contributed by atoms with E-state index in [0.717, 1.165) is 0 Å². The molecular weight excluding hydrogens is 264 g/mol. The molecule has 0 radical (unpaired) electrons. The summed E-state index contributed by atoms with van der Waals surface area (Å²) < 4.78 is 0. The maximum atomic E-state index is 12.1. The molecular formula is C14H13ClN2O2. The largest absolute Gasteiger partial charge is 0.508 e. The first-order valence-electron chi connectivity index (χ1n) is 5.63. The quantitative estimate of drug-likeness (QED) is 0.737. The third-order valence-corrected chi connectivity index (χ3v) is 3.01. The van der Waals surface area contributed by atoms with Crippen LogP contribution in [-0.4, -0.2) is 11.0 Å². The van der Waals surface area contributed by atoms with Gasteiger partial charge in [-0.2, -0.15) is 0 Å². The van der Waals surface area contributed by atoms with Crippen LogP contribution < -0.4 is 11.1 Å². The highest BCUT2D eigenvalue weighted by molar-refractivity contribution is 6.34. The highest BCUT2D eigenvalue weighted by atomic mass is 35.5. The van der Waals surface area contributed by atoms with Gasteiger partial charge < -0.3 is 16.2 Å². The molecule has 0 atom stereocenters. The monoisotopic (exact) mass is 276 g/mol. The van der Waals surface area contributed by atoms with Gasteiger partial charge in [0.05, 0.1) is 10.7 Å². The van der Waals surface area contributed by atoms with Crippen LogP contribution in [0.5, 0.6) is 5.75 Å². The molecule has 0 spiro atoms. The van der Waals surface area contributed by atoms with Crippen LogP contribution in [0.2, 0.25) is 5.02 Å². The standard InChI is InChI=1S/C14H13ClN2O2/c1-8-6-10(18)3-4-11(8)14(19)17-13-5-2-9(16)7-12(13)15/h2-7,18H,16H2,1H3,(H,17,19). The third kappa shape index (κ3) is 2.98. The van der Waals surface area contributed by atoms with Gasteiger partial charge in [-0.25, -0.2) is 0 Å². The van der Waals surface area contributed by atoms with Crippen LogP contribution in [0.15, 0.2) is 36.4 Å². The summed E-state index contributed by atoms with van der Waals surface area (Å²) in [5.41, 5.74) is 7.77. The number of carbonyl (C=O) groups excluding carboxylic acids is 1. The van der Waals surface area contributed by atoms with Crippen molar-refractivity contribution in [3.8, 4) is 5.75 Å². The number of halogens is 1. The van der Waals surface area contributed by atoms with E-state index in [4.69, 9.17) is 17.3 Å². The van der Waals surface area contributed by atoms with Crippen molar-refractivity contribution in [2.45, 2.75) is 6.92 Å². The fourth-order valence-electron chi connectivity index (χ4n) is 1.72. The average molecular weight is 277 g/mol. The van der Waals surface area contributed by atoms with Gasteiger partial charge in [-0.15, -0.1) is 0 Å². The Hall–Kier alpha value is -2.20. The van der Waals surface area contributed by atoms with Crippen molar-refractivity contribution in [2.75, 3.05) is 11.1 Å². The van der Waals surface area contributed by atoms with E-state index in [1.807, 2.05) is 0 Å². The average Bonchev–Trinajstić information content (AvgIpc) is 2.32. The third-order valence-electron chi connectivity index (χ3n) is 2.70. The molecule has 4 N–H and O–H groups in total. The van der Waals surface area contributed by atoms with Crippen molar-refractivity contribution in [3.05, 3.63) is 52.5 Å². The van der Waals surface area contributed by atoms with E-state index in [0.29, 0.717) is 27.5 Å². The first-order valence-corrected chi connectivity index (χ1v) is 6.01. The number of nitrogen functional groups attached to an aromatic ring is 1. The Kier molecular flexibility index (Phi) is 3.62. The fraction of sp³-hybridized carbons (Fsp3) is 0.0714. The van der Waals surface area contributed by atoms with Crippen LogP contribution in [-0.2, 0) is 0 Å². The molecule has 2 aromatic rings. The number of hydrogen-bond donors (Lipinski definition) is 3. The van der Waals surface area contributed by atoms with Gasteiger partial charge in [0.2, 0.25) is 0 Å². The molecule has 2 rings (SSSR count). The van der Waals surface area contributed by atoms with Gasteiger partial charge in [-0.3, -0.25) is 4.79 Å². The van der Waals surface area contributed by atoms with Gasteiger partial charge in [-0.05, 0) is 48.9 Å². The van der Waals surface area contributed by atoms with Gasteiger partial charge in [0.1, 0.15) is 5.75 Å². The lowest BCUT2D eigenvalue weighted by Crippen LogP contribution is -2.13. The molecule has 0 bridgehead atoms. The van der Waals surface area contributed by atoms with Gasteiger partial charge >= 0.3 is 0 Å². The topological polar surface area (TPSA) is 75.3 Å². The zero-order valence-corrected chi connectivity index (χ0v) is 11.0. The van der Waals surface area contributed by atoms with E-state index in [2.05, 4.69) is 5.32 Å². The molecule has 1 amide bonds. The molecule has 0 aliphatic rings. The minimum absolute atomic E-state index is 0.125. The highest BCUT2D eigenvalue weighted by Gasteiger charge is 2.11. The fourth-order valence-corrected chi connectivity index (χ4v) is 1.96. The summed E-state index contributed by atoms with van der Waals surface area (Å²) in [5.74, 6) is -0.163. The van der Waals surface area contributed by atoms with Crippen LogP contribution >= 0.6 is 11.6 Å². The molecule has 98 valence electrons. The van der Waals surface area contributed by atoms with Crippen LogP contribution in [0.4, 0.5) is 11.4 Å². The van der Waals surface area contributed by atoms with Crippen LogP contribution in [0, 0.1) is 6.92 Å². The molecule has 19 heavy (non-hydrogen) atoms. The van der Waals surface area contributed by atoms with Gasteiger partial charge in [-0.1, -0.05) is 11.6 Å². The smallest absolute Gasteiger partial charge is 0.255 e. The van der Waals surface area contributed by atoms with Gasteiger partial charge in [0.25, 0.3) is 5.91 Å². The first kappa shape index (κ1) is 13.2. The number of benzene rings is 2. The molecule has 0 fully saturated rings. The Morgan fingerprint density at radius 1 is 1.26 bits per heavy atom. The molecule has 5 heteroatoms. The normalized spacial score (nSPS) is 10.2. The first-order chi connectivity index (χ1) is 8.97. The summed E-state index contributed by atoms with van der Waals surface area (Å²) in [6.45, 7) is 1.75. The van der Waals surface area contributed by atoms with E-state index in [1.54, 1.807) is 31.2 Å². The number of nitrogens with two attached hydrogens (primary N) is 1. The summed E-state index contributed by atoms with van der Waals surface area (Å²) in [6, 6.07) is 9.43. The minimum atomic E-state index is -0.288. The summed E-state index contributed by atoms with van der Waals surface area (Å²) >= 11 is 5.99. The zero-order chi connectivity index (χ0) is 14.0. The predicted octanol–water partition coefficient (Wildman–Crippen LogP) is 3.19. The molecule has 0 aromatic heterocycles. The number of amides is 1. The SMILES string of the molecule is Cc1cc(O)ccc1C(=O)Nc1ccc(N)cc1Cl. The Labute approximate surface area is 115 Å². The molecule has 0 saturated heterocycles. The number of carbonyl (C=O) groups is 1. The lowest BCUT2D eigenvalue weighted by atomic mass is 10.1. The maximum Gasteiger partial charge on any atom is 0.255 e. The second-order valence-electron chi connectivity index (χ2n) is 4.19. The summed E-state index contributed by atoms with van der Waals surface area (Å²) in [4.78, 5) is 12.1. The molecule has 2 aromatic carbocycles. The Morgan fingerprint density at radius 3 is 2.63 bits per heavy atom. The highest BCUT2D eigenvalue weighted by Crippen LogP contribution is 2.25. The number of phenolic OH excluding ortho intramolecular Hbond substituents is 1. The van der Waals surface area contributed by atoms with Crippen LogP contribution in [0.1, 0.15) is 15.9 Å². The van der Waals surface area contributed by atoms with E-state index in [-0.39, 0.29) is 11.7 Å². The van der Waals surface area contributed by atoms with Gasteiger partial charge in [0.15, 0.2) is 0 Å². The van der Waals surface area contributed by atoms with E-state index in [1.165, 1.54) is 12.1 Å². The van der Waals surface area contributed by atoms with Crippen molar-refractivity contribution >= 4 is 28.9 Å². The second-order valence-corrected chi connectivity index (χ2v) is 4.60. The summed E-state index contributed by atoms with van der Waals surface area (Å²) in [5, 5.41) is 12.4. The van der Waals surface area contributed by atoms with Crippen LogP contribution in [0.25, 0.3) is 0 Å². The maximum absolute atomic E-state index is 12.1. The summed E-state index contributed by atoms with van der Waals surface area (Å²) in [7, 11) is 0. The Bertz CT molecular complexity index is 641. The molecule has 0 saturated carbocycles. The zero-order valence-electron chi connectivity index (χ0n) is 10.3. The number of nitrogens with one attached hydrogen (secondary N) is 1. The minimum Gasteiger partial charge on any atom is -0.508 e. The van der Waals surface area contributed by atoms with Gasteiger partial charge in [0, 0.05) is 11.3 Å². The number of anilines is 2. The molecule has 4 nitrogen and oxygen atoms in total. The van der Waals surface area contributed by atoms with E-state index in [9.17, 15) is 9.90 Å². The molecule has 0 unspecified atom stereocenters. The van der Waals surface area contributed by atoms with Crippen molar-refractivity contribution < 1.29 is 9.90 Å². The number of aryl methyl sites for hydroxylation is 1. The van der Waals surface area contributed by atoms with Crippen molar-refractivity contribution in [2.24, 2.45) is 0 Å². The number of rotatable bonds is 2. The summed E-state index contributed by atoms with van der Waals surface area (Å²) in [6.07, 6.45) is 0.